The Balaban J connectivity index is 1.40. The van der Waals surface area contributed by atoms with Gasteiger partial charge in [-0.3, -0.25) is 9.52 Å². The summed E-state index contributed by atoms with van der Waals surface area (Å²) in [6.45, 7) is 1.05. The highest BCUT2D eigenvalue weighted by Gasteiger charge is 2.25. The summed E-state index contributed by atoms with van der Waals surface area (Å²) >= 11 is 0. The maximum absolute atomic E-state index is 12.9. The third-order valence-corrected chi connectivity index (χ3v) is 9.08. The van der Waals surface area contributed by atoms with Crippen LogP contribution in [0.2, 0.25) is 0 Å². The highest BCUT2D eigenvalue weighted by Crippen LogP contribution is 2.22. The molecule has 184 valence electrons. The van der Waals surface area contributed by atoms with Gasteiger partial charge in [-0.05, 0) is 73.5 Å². The van der Waals surface area contributed by atoms with E-state index in [0.29, 0.717) is 30.0 Å². The summed E-state index contributed by atoms with van der Waals surface area (Å²) in [6, 6.07) is 20.1. The van der Waals surface area contributed by atoms with Crippen LogP contribution in [0.4, 0.5) is 11.4 Å². The van der Waals surface area contributed by atoms with Gasteiger partial charge in [-0.25, -0.2) is 16.8 Å². The van der Waals surface area contributed by atoms with Gasteiger partial charge in [0, 0.05) is 30.0 Å². The van der Waals surface area contributed by atoms with Crippen molar-refractivity contribution in [2.45, 2.75) is 35.5 Å². The van der Waals surface area contributed by atoms with Crippen LogP contribution in [0.15, 0.2) is 88.7 Å². The number of sulfonamides is 2. The number of carbonyl (C=O) groups excluding carboxylic acids is 1. The maximum atomic E-state index is 12.9. The number of anilines is 2. The Bertz CT molecular complexity index is 1370. The van der Waals surface area contributed by atoms with E-state index in [2.05, 4.69) is 10.0 Å². The van der Waals surface area contributed by atoms with Gasteiger partial charge in [-0.2, -0.15) is 4.31 Å². The Morgan fingerprint density at radius 3 is 1.83 bits per heavy atom. The molecule has 2 N–H and O–H groups in total. The molecular weight excluding hydrogens is 486 g/mol. The molecule has 0 atom stereocenters. The number of hydrogen-bond acceptors (Lipinski definition) is 5. The molecule has 35 heavy (non-hydrogen) atoms. The van der Waals surface area contributed by atoms with Crippen LogP contribution < -0.4 is 10.0 Å². The average Bonchev–Trinajstić information content (AvgIpc) is 3.16. The van der Waals surface area contributed by atoms with Crippen molar-refractivity contribution < 1.29 is 21.6 Å². The molecule has 1 aliphatic rings. The molecule has 0 unspecified atom stereocenters. The van der Waals surface area contributed by atoms with Crippen molar-refractivity contribution in [1.82, 2.24) is 4.31 Å². The van der Waals surface area contributed by atoms with E-state index < -0.39 is 26.0 Å². The Hall–Kier alpha value is -3.21. The molecule has 4 rings (SSSR count). The fraction of sp³-hybridized carbons (Fsp3) is 0.240. The largest absolute Gasteiger partial charge is 0.322 e. The van der Waals surface area contributed by atoms with Gasteiger partial charge in [-0.15, -0.1) is 0 Å². The molecular formula is C25H27N3O5S2. The van der Waals surface area contributed by atoms with Crippen molar-refractivity contribution in [1.29, 1.82) is 0 Å². The van der Waals surface area contributed by atoms with Crippen LogP contribution in [0.1, 0.15) is 36.0 Å². The molecule has 1 saturated heterocycles. The SMILES string of the molecule is O=C(Nc1ccc(S(=O)(=O)N2CCCCCC2)cc1)c1ccc(NS(=O)(=O)c2ccccc2)cc1. The topological polar surface area (TPSA) is 113 Å². The Morgan fingerprint density at radius 1 is 0.657 bits per heavy atom. The van der Waals surface area contributed by atoms with Crippen LogP contribution >= 0.6 is 0 Å². The monoisotopic (exact) mass is 513 g/mol. The minimum atomic E-state index is -3.72. The molecule has 1 amide bonds. The van der Waals surface area contributed by atoms with Gasteiger partial charge in [0.2, 0.25) is 10.0 Å². The maximum Gasteiger partial charge on any atom is 0.261 e. The first kappa shape index (κ1) is 24.9. The number of nitrogens with zero attached hydrogens (tertiary/aromatic N) is 1. The zero-order valence-electron chi connectivity index (χ0n) is 19.1. The van der Waals surface area contributed by atoms with E-state index in [0.717, 1.165) is 25.7 Å². The van der Waals surface area contributed by atoms with Crippen molar-refractivity contribution in [3.05, 3.63) is 84.4 Å². The Labute approximate surface area is 206 Å². The lowest BCUT2D eigenvalue weighted by Gasteiger charge is -2.20. The van der Waals surface area contributed by atoms with Crippen LogP contribution in [-0.2, 0) is 20.0 Å². The third-order valence-electron chi connectivity index (χ3n) is 5.77. The Kier molecular flexibility index (Phi) is 7.54. The highest BCUT2D eigenvalue weighted by molar-refractivity contribution is 7.92. The molecule has 8 nitrogen and oxygen atoms in total. The number of benzene rings is 3. The Morgan fingerprint density at radius 2 is 1.23 bits per heavy atom. The van der Waals surface area contributed by atoms with E-state index in [1.165, 1.54) is 52.8 Å². The number of hydrogen-bond donors (Lipinski definition) is 2. The fourth-order valence-corrected chi connectivity index (χ4v) is 6.44. The summed E-state index contributed by atoms with van der Waals surface area (Å²) in [5.41, 5.74) is 1.11. The second-order valence-electron chi connectivity index (χ2n) is 8.29. The lowest BCUT2D eigenvalue weighted by molar-refractivity contribution is 0.102. The summed E-state index contributed by atoms with van der Waals surface area (Å²) in [7, 11) is -7.28. The van der Waals surface area contributed by atoms with Gasteiger partial charge in [0.15, 0.2) is 0 Å². The summed E-state index contributed by atoms with van der Waals surface area (Å²) in [5.74, 6) is -0.398. The van der Waals surface area contributed by atoms with Gasteiger partial charge in [0.05, 0.1) is 9.79 Å². The molecule has 1 aliphatic heterocycles. The number of amides is 1. The molecule has 0 radical (unpaired) electrons. The van der Waals surface area contributed by atoms with E-state index in [1.54, 1.807) is 30.3 Å². The fourth-order valence-electron chi connectivity index (χ4n) is 3.85. The van der Waals surface area contributed by atoms with E-state index in [9.17, 15) is 21.6 Å². The minimum absolute atomic E-state index is 0.142. The molecule has 3 aromatic carbocycles. The molecule has 3 aromatic rings. The normalized spacial score (nSPS) is 15.2. The molecule has 0 aliphatic carbocycles. The molecule has 0 saturated carbocycles. The summed E-state index contributed by atoms with van der Waals surface area (Å²) in [5, 5.41) is 2.73. The first-order chi connectivity index (χ1) is 16.8. The van der Waals surface area contributed by atoms with Gasteiger partial charge < -0.3 is 5.32 Å². The van der Waals surface area contributed by atoms with Crippen molar-refractivity contribution in [2.75, 3.05) is 23.1 Å². The molecule has 0 spiro atoms. The quantitative estimate of drug-likeness (QED) is 0.489. The van der Waals surface area contributed by atoms with E-state index in [4.69, 9.17) is 0 Å². The predicted octanol–water partition coefficient (Wildman–Crippen LogP) is 4.30. The summed E-state index contributed by atoms with van der Waals surface area (Å²) in [4.78, 5) is 13.0. The van der Waals surface area contributed by atoms with Crippen molar-refractivity contribution >= 4 is 37.3 Å². The lowest BCUT2D eigenvalue weighted by Crippen LogP contribution is -2.31. The van der Waals surface area contributed by atoms with E-state index in [1.807, 2.05) is 0 Å². The minimum Gasteiger partial charge on any atom is -0.322 e. The van der Waals surface area contributed by atoms with Crippen molar-refractivity contribution in [2.24, 2.45) is 0 Å². The van der Waals surface area contributed by atoms with Gasteiger partial charge >= 0.3 is 0 Å². The standard InChI is InChI=1S/C25H27N3O5S2/c29-25(20-10-12-22(13-11-20)27-34(30,31)23-8-4-3-5-9-23)26-21-14-16-24(17-15-21)35(32,33)28-18-6-1-2-7-19-28/h3-5,8-17,27H,1-2,6-7,18-19H2,(H,26,29). The highest BCUT2D eigenvalue weighted by atomic mass is 32.2. The molecule has 1 heterocycles. The van der Waals surface area contributed by atoms with Crippen LogP contribution in [0, 0.1) is 0 Å². The molecule has 1 fully saturated rings. The third kappa shape index (κ3) is 6.08. The van der Waals surface area contributed by atoms with Crippen LogP contribution in [0.25, 0.3) is 0 Å². The average molecular weight is 514 g/mol. The zero-order chi connectivity index (χ0) is 24.9. The number of nitrogens with one attached hydrogen (secondary N) is 2. The second-order valence-corrected chi connectivity index (χ2v) is 11.9. The smallest absolute Gasteiger partial charge is 0.261 e. The molecule has 0 aromatic heterocycles. The lowest BCUT2D eigenvalue weighted by atomic mass is 10.2. The number of carbonyl (C=O) groups is 1. The van der Waals surface area contributed by atoms with Crippen molar-refractivity contribution in [3.63, 3.8) is 0 Å². The van der Waals surface area contributed by atoms with Gasteiger partial charge in [-0.1, -0.05) is 31.0 Å². The van der Waals surface area contributed by atoms with Gasteiger partial charge in [0.25, 0.3) is 15.9 Å². The first-order valence-electron chi connectivity index (χ1n) is 11.4. The van der Waals surface area contributed by atoms with Gasteiger partial charge in [0.1, 0.15) is 0 Å². The summed E-state index contributed by atoms with van der Waals surface area (Å²) < 4.78 is 54.7. The van der Waals surface area contributed by atoms with E-state index >= 15 is 0 Å². The van der Waals surface area contributed by atoms with Crippen LogP contribution in [0.3, 0.4) is 0 Å². The number of rotatable bonds is 7. The first-order valence-corrected chi connectivity index (χ1v) is 14.3. The van der Waals surface area contributed by atoms with Crippen LogP contribution in [0.5, 0.6) is 0 Å². The molecule has 10 heteroatoms. The summed E-state index contributed by atoms with van der Waals surface area (Å²) in [6.07, 6.45) is 3.80. The molecule has 0 bridgehead atoms. The van der Waals surface area contributed by atoms with Crippen molar-refractivity contribution in [3.8, 4) is 0 Å². The zero-order valence-corrected chi connectivity index (χ0v) is 20.7. The predicted molar refractivity (Wildman–Crippen MR) is 135 cm³/mol. The van der Waals surface area contributed by atoms with Crippen LogP contribution in [-0.4, -0.2) is 40.1 Å². The second kappa shape index (κ2) is 10.6. The van der Waals surface area contributed by atoms with E-state index in [-0.39, 0.29) is 9.79 Å².